The van der Waals surface area contributed by atoms with Gasteiger partial charge < -0.3 is 47.1 Å². The summed E-state index contributed by atoms with van der Waals surface area (Å²) in [4.78, 5) is 88.1. The van der Waals surface area contributed by atoms with E-state index in [2.05, 4.69) is 20.9 Å². The number of nitrogens with one attached hydrogen (secondary N) is 3. The van der Waals surface area contributed by atoms with Crippen LogP contribution in [0.3, 0.4) is 0 Å². The van der Waals surface area contributed by atoms with Crippen molar-refractivity contribution in [3.63, 3.8) is 0 Å². The van der Waals surface area contributed by atoms with Gasteiger partial charge in [-0.1, -0.05) is 82.6 Å². The number of primary amides is 1. The molecule has 8 N–H and O–H groups in total. The smallest absolute Gasteiger partial charge is 0.246 e. The fourth-order valence-corrected chi connectivity index (χ4v) is 9.92. The van der Waals surface area contributed by atoms with Crippen LogP contribution in [0.1, 0.15) is 122 Å². The van der Waals surface area contributed by atoms with Crippen molar-refractivity contribution >= 4 is 70.8 Å². The van der Waals surface area contributed by atoms with Crippen molar-refractivity contribution in [2.24, 2.45) is 22.8 Å². The van der Waals surface area contributed by atoms with Crippen molar-refractivity contribution in [3.8, 4) is 16.2 Å². The maximum atomic E-state index is 14.2. The summed E-state index contributed by atoms with van der Waals surface area (Å²) in [6.45, 7) is 13.8. The SMILES string of the molecule is Cc1ncsc1-c1ccc([C@H](C)NC(=O)[C@@H]2C[C@@H](O)CN2C(=O)[C@@H](NC(=O)CCCCc2cccc(OC[C@H](CCC(N)=O)NC(=O)[C@@H]3CCCN3C(=O)[C@@H](N)CC(C)C)c2Cl)C(C)(C)C)cc1.Cl. The van der Waals surface area contributed by atoms with Gasteiger partial charge in [0.05, 0.1) is 45.3 Å². The number of rotatable bonds is 22. The third kappa shape index (κ3) is 15.8. The van der Waals surface area contributed by atoms with E-state index in [1.807, 2.05) is 84.3 Å². The number of aliphatic hydroxyl groups excluding tert-OH is 1. The van der Waals surface area contributed by atoms with Crippen LogP contribution in [0.2, 0.25) is 5.02 Å². The topological polar surface area (TPSA) is 239 Å². The summed E-state index contributed by atoms with van der Waals surface area (Å²) in [5.41, 5.74) is 16.4. The van der Waals surface area contributed by atoms with E-state index in [1.54, 1.807) is 28.4 Å². The number of aromatic nitrogens is 1. The van der Waals surface area contributed by atoms with E-state index in [-0.39, 0.29) is 86.8 Å². The molecule has 2 aromatic carbocycles. The second-order valence-corrected chi connectivity index (χ2v) is 21.0. The zero-order valence-corrected chi connectivity index (χ0v) is 43.3. The highest BCUT2D eigenvalue weighted by Crippen LogP contribution is 2.32. The molecule has 380 valence electrons. The molecule has 69 heavy (non-hydrogen) atoms. The molecule has 16 nitrogen and oxygen atoms in total. The van der Waals surface area contributed by atoms with Gasteiger partial charge in [0.2, 0.25) is 35.4 Å². The van der Waals surface area contributed by atoms with Gasteiger partial charge in [0.15, 0.2) is 0 Å². The average molecular weight is 1020 g/mol. The Morgan fingerprint density at radius 1 is 0.942 bits per heavy atom. The standard InChI is InChI=1S/C50H71ClN8O8S.ClH/c1-29(2)24-37(52)48(65)58-23-11-14-38(58)46(63)56-35(21-22-41(53)61)27-67-40-15-10-13-33(43(40)51)12-8-9-16-42(62)57-45(50(5,6)7)49(66)59-26-36(60)25-39(59)47(64)55-30(3)32-17-19-34(20-18-32)44-31(4)54-28-68-44;/h10,13,15,17-20,28-30,35-39,45,60H,8-9,11-12,14,16,21-27,52H2,1-7H3,(H2,53,61)(H,55,64)(H,56,63)(H,57,62);1H/t30-,35-,36+,37-,38-,39-,45+;/m0./s1. The fraction of sp³-hybridized carbons (Fsp3) is 0.580. The quantitative estimate of drug-likeness (QED) is 0.0665. The molecule has 2 fully saturated rings. The Hall–Kier alpha value is -4.81. The average Bonchev–Trinajstić information content (AvgIpc) is 4.05. The van der Waals surface area contributed by atoms with Crippen LogP contribution < -0.4 is 32.2 Å². The number of nitrogens with zero attached hydrogens (tertiary/aromatic N) is 3. The molecule has 19 heteroatoms. The lowest BCUT2D eigenvalue weighted by molar-refractivity contribution is -0.144. The summed E-state index contributed by atoms with van der Waals surface area (Å²) < 4.78 is 6.12. The molecular formula is C50H72Cl2N8O8S. The van der Waals surface area contributed by atoms with Gasteiger partial charge in [-0.25, -0.2) is 4.98 Å². The number of hydrogen-bond donors (Lipinski definition) is 6. The van der Waals surface area contributed by atoms with Crippen molar-refractivity contribution in [3.05, 3.63) is 69.8 Å². The maximum absolute atomic E-state index is 14.2. The molecule has 0 bridgehead atoms. The van der Waals surface area contributed by atoms with Crippen molar-refractivity contribution < 1.29 is 38.6 Å². The zero-order chi connectivity index (χ0) is 49.9. The molecule has 3 heterocycles. The Morgan fingerprint density at radius 3 is 2.28 bits per heavy atom. The second-order valence-electron chi connectivity index (χ2n) is 19.8. The number of likely N-dealkylation sites (tertiary alicyclic amines) is 2. The van der Waals surface area contributed by atoms with Gasteiger partial charge in [0, 0.05) is 32.4 Å². The van der Waals surface area contributed by atoms with E-state index < -0.39 is 53.5 Å². The number of unbranched alkanes of at least 4 members (excludes halogenated alkanes) is 1. The monoisotopic (exact) mass is 1010 g/mol. The predicted octanol–water partition coefficient (Wildman–Crippen LogP) is 5.77. The molecule has 0 aliphatic carbocycles. The highest BCUT2D eigenvalue weighted by Gasteiger charge is 2.45. The van der Waals surface area contributed by atoms with Gasteiger partial charge >= 0.3 is 0 Å². The second kappa shape index (κ2) is 25.9. The molecule has 6 amide bonds. The Kier molecular flexibility index (Phi) is 21.3. The van der Waals surface area contributed by atoms with Gasteiger partial charge in [-0.2, -0.15) is 0 Å². The van der Waals surface area contributed by atoms with Crippen molar-refractivity contribution in [1.29, 1.82) is 0 Å². The summed E-state index contributed by atoms with van der Waals surface area (Å²) in [5, 5.41) is 20.0. The van der Waals surface area contributed by atoms with Gasteiger partial charge in [-0.15, -0.1) is 23.7 Å². The molecule has 7 atom stereocenters. The molecule has 3 aromatic rings. The first kappa shape index (κ1) is 56.8. The molecular weight excluding hydrogens is 944 g/mol. The van der Waals surface area contributed by atoms with Crippen molar-refractivity contribution in [2.75, 3.05) is 19.7 Å². The molecule has 0 spiro atoms. The first-order valence-electron chi connectivity index (χ1n) is 23.8. The van der Waals surface area contributed by atoms with Gasteiger partial charge in [-0.3, -0.25) is 28.8 Å². The van der Waals surface area contributed by atoms with E-state index in [1.165, 1.54) is 4.90 Å². The number of halogens is 2. The first-order valence-corrected chi connectivity index (χ1v) is 25.0. The number of β-amino-alcohol motifs (C(OH)–C–C–N with tert-alkyl or cyclic N) is 1. The Balaban J connectivity index is 0.0000104. The summed E-state index contributed by atoms with van der Waals surface area (Å²) in [7, 11) is 0. The molecule has 0 unspecified atom stereocenters. The lowest BCUT2D eigenvalue weighted by Crippen LogP contribution is -2.57. The van der Waals surface area contributed by atoms with Crippen molar-refractivity contribution in [1.82, 2.24) is 30.7 Å². The predicted molar refractivity (Wildman–Crippen MR) is 271 cm³/mol. The van der Waals surface area contributed by atoms with Crippen LogP contribution in [0.15, 0.2) is 48.0 Å². The van der Waals surface area contributed by atoms with Crippen LogP contribution in [-0.2, 0) is 35.2 Å². The molecule has 2 aliphatic heterocycles. The van der Waals surface area contributed by atoms with Gasteiger partial charge in [0.1, 0.15) is 30.5 Å². The largest absolute Gasteiger partial charge is 0.490 e. The summed E-state index contributed by atoms with van der Waals surface area (Å²) in [5.74, 6) is -1.65. The number of carbonyl (C=O) groups excluding carboxylic acids is 6. The zero-order valence-electron chi connectivity index (χ0n) is 40.9. The highest BCUT2D eigenvalue weighted by atomic mass is 35.5. The van der Waals surface area contributed by atoms with Crippen LogP contribution in [0.25, 0.3) is 10.4 Å². The normalized spacial score (nSPS) is 18.7. The number of benzene rings is 2. The first-order chi connectivity index (χ1) is 32.1. The summed E-state index contributed by atoms with van der Waals surface area (Å²) in [6, 6.07) is 9.07. The van der Waals surface area contributed by atoms with Crippen LogP contribution >= 0.6 is 35.3 Å². The van der Waals surface area contributed by atoms with E-state index in [0.717, 1.165) is 27.3 Å². The Labute approximate surface area is 421 Å². The van der Waals surface area contributed by atoms with E-state index in [4.69, 9.17) is 27.8 Å². The number of thiazole rings is 1. The minimum atomic E-state index is -0.955. The number of aliphatic hydroxyl groups is 1. The highest BCUT2D eigenvalue weighted by molar-refractivity contribution is 7.13. The Bertz CT molecular complexity index is 2240. The van der Waals surface area contributed by atoms with E-state index >= 15 is 0 Å². The van der Waals surface area contributed by atoms with Crippen molar-refractivity contribution in [2.45, 2.75) is 155 Å². The minimum absolute atomic E-state index is 0. The minimum Gasteiger partial charge on any atom is -0.490 e. The van der Waals surface area contributed by atoms with Crippen LogP contribution in [0.5, 0.6) is 5.75 Å². The number of carbonyl (C=O) groups is 6. The molecule has 0 radical (unpaired) electrons. The van der Waals surface area contributed by atoms with E-state index in [0.29, 0.717) is 55.8 Å². The van der Waals surface area contributed by atoms with E-state index in [9.17, 15) is 33.9 Å². The van der Waals surface area contributed by atoms with Gasteiger partial charge in [0.25, 0.3) is 0 Å². The fourth-order valence-electron chi connectivity index (χ4n) is 8.84. The number of ether oxygens (including phenoxy) is 1. The number of aryl methyl sites for hydroxylation is 2. The van der Waals surface area contributed by atoms with Gasteiger partial charge in [-0.05, 0) is 92.9 Å². The van der Waals surface area contributed by atoms with Crippen LogP contribution in [0, 0.1) is 18.3 Å². The molecule has 5 rings (SSSR count). The lowest BCUT2D eigenvalue weighted by atomic mass is 9.85. The summed E-state index contributed by atoms with van der Waals surface area (Å²) in [6.07, 6.45) is 2.82. The molecule has 0 saturated carbocycles. The number of hydrogen-bond acceptors (Lipinski definition) is 11. The van der Waals surface area contributed by atoms with Crippen LogP contribution in [-0.4, -0.2) is 111 Å². The lowest BCUT2D eigenvalue weighted by Gasteiger charge is -2.35. The number of nitrogens with two attached hydrogens (primary N) is 2. The molecule has 2 saturated heterocycles. The third-order valence-corrected chi connectivity index (χ3v) is 14.0. The maximum Gasteiger partial charge on any atom is 0.246 e. The molecule has 1 aromatic heterocycles. The summed E-state index contributed by atoms with van der Waals surface area (Å²) >= 11 is 8.39. The molecule has 2 aliphatic rings. The third-order valence-electron chi connectivity index (χ3n) is 12.6. The Morgan fingerprint density at radius 2 is 1.64 bits per heavy atom. The number of amides is 6. The van der Waals surface area contributed by atoms with Crippen LogP contribution in [0.4, 0.5) is 0 Å².